The van der Waals surface area contributed by atoms with Gasteiger partial charge < -0.3 is 4.90 Å². The highest BCUT2D eigenvalue weighted by Gasteiger charge is 2.29. The Balaban J connectivity index is 1.75. The lowest BCUT2D eigenvalue weighted by Crippen LogP contribution is -2.46. The molecule has 0 N–H and O–H groups in total. The van der Waals surface area contributed by atoms with Gasteiger partial charge in [0.25, 0.3) is 0 Å². The average Bonchev–Trinajstić information content (AvgIpc) is 2.71. The molecular formula is C19H21FN2S. The average molecular weight is 328 g/mol. The number of rotatable bonds is 1. The van der Waals surface area contributed by atoms with Crippen LogP contribution in [0, 0.1) is 5.82 Å². The van der Waals surface area contributed by atoms with E-state index >= 15 is 0 Å². The molecule has 2 aliphatic rings. The second kappa shape index (κ2) is 6.27. The van der Waals surface area contributed by atoms with E-state index in [-0.39, 0.29) is 5.82 Å². The third kappa shape index (κ3) is 3.03. The topological polar surface area (TPSA) is 6.48 Å². The van der Waals surface area contributed by atoms with Crippen LogP contribution in [0.4, 0.5) is 4.39 Å². The Bertz CT molecular complexity index is 710. The largest absolute Gasteiger partial charge is 0.304 e. The number of hydrogen-bond acceptors (Lipinski definition) is 3. The van der Waals surface area contributed by atoms with Crippen molar-refractivity contribution in [3.63, 3.8) is 0 Å². The Morgan fingerprint density at radius 1 is 1.00 bits per heavy atom. The predicted molar refractivity (Wildman–Crippen MR) is 92.5 cm³/mol. The van der Waals surface area contributed by atoms with Crippen molar-refractivity contribution in [3.05, 3.63) is 59.4 Å². The molecule has 2 aromatic carbocycles. The fourth-order valence-electron chi connectivity index (χ4n) is 3.54. The van der Waals surface area contributed by atoms with Crippen LogP contribution < -0.4 is 0 Å². The van der Waals surface area contributed by atoms with Gasteiger partial charge in [-0.2, -0.15) is 0 Å². The molecule has 2 nitrogen and oxygen atoms in total. The highest BCUT2D eigenvalue weighted by atomic mass is 32.2. The molecule has 4 heteroatoms. The summed E-state index contributed by atoms with van der Waals surface area (Å²) in [4.78, 5) is 7.27. The summed E-state index contributed by atoms with van der Waals surface area (Å²) in [5.74, 6) is -0.146. The molecule has 4 rings (SSSR count). The van der Waals surface area contributed by atoms with Crippen molar-refractivity contribution in [3.8, 4) is 0 Å². The lowest BCUT2D eigenvalue weighted by Gasteiger charge is -2.38. The maximum absolute atomic E-state index is 13.8. The summed E-state index contributed by atoms with van der Waals surface area (Å²) in [6.07, 6.45) is 1.01. The zero-order valence-corrected chi connectivity index (χ0v) is 14.2. The predicted octanol–water partition coefficient (Wildman–Crippen LogP) is 3.82. The molecule has 0 aromatic heterocycles. The van der Waals surface area contributed by atoms with Crippen LogP contribution in [0.3, 0.4) is 0 Å². The summed E-state index contributed by atoms with van der Waals surface area (Å²) in [6.45, 7) is 4.35. The monoisotopic (exact) mass is 328 g/mol. The van der Waals surface area contributed by atoms with E-state index in [1.807, 2.05) is 6.07 Å². The lowest BCUT2D eigenvalue weighted by atomic mass is 9.96. The van der Waals surface area contributed by atoms with E-state index in [4.69, 9.17) is 0 Å². The molecule has 0 spiro atoms. The smallest absolute Gasteiger partial charge is 0.124 e. The fourth-order valence-corrected chi connectivity index (χ4v) is 4.70. The summed E-state index contributed by atoms with van der Waals surface area (Å²) in [5.41, 5.74) is 2.65. The zero-order chi connectivity index (χ0) is 15.8. The van der Waals surface area contributed by atoms with Crippen molar-refractivity contribution in [2.75, 3.05) is 33.2 Å². The second-order valence-electron chi connectivity index (χ2n) is 6.45. The molecule has 120 valence electrons. The molecule has 1 fully saturated rings. The van der Waals surface area contributed by atoms with Gasteiger partial charge in [0.2, 0.25) is 0 Å². The van der Waals surface area contributed by atoms with Crippen molar-refractivity contribution in [2.45, 2.75) is 22.3 Å². The molecule has 2 aliphatic heterocycles. The summed E-state index contributed by atoms with van der Waals surface area (Å²) in [5, 5.41) is 0. The first-order valence-electron chi connectivity index (χ1n) is 8.18. The zero-order valence-electron chi connectivity index (χ0n) is 13.3. The normalized spacial score (nSPS) is 22.3. The molecule has 0 unspecified atom stereocenters. The highest BCUT2D eigenvalue weighted by Crippen LogP contribution is 2.43. The van der Waals surface area contributed by atoms with E-state index in [9.17, 15) is 4.39 Å². The molecule has 23 heavy (non-hydrogen) atoms. The van der Waals surface area contributed by atoms with Crippen LogP contribution >= 0.6 is 11.8 Å². The molecule has 2 heterocycles. The Morgan fingerprint density at radius 3 is 2.61 bits per heavy atom. The van der Waals surface area contributed by atoms with Gasteiger partial charge in [0.15, 0.2) is 0 Å². The van der Waals surface area contributed by atoms with Gasteiger partial charge in [-0.25, -0.2) is 4.39 Å². The number of nitrogens with zero attached hydrogens (tertiary/aromatic N) is 2. The molecule has 0 saturated carbocycles. The molecule has 0 bridgehead atoms. The Labute approximate surface area is 141 Å². The molecular weight excluding hydrogens is 307 g/mol. The van der Waals surface area contributed by atoms with Crippen LogP contribution in [-0.4, -0.2) is 43.0 Å². The van der Waals surface area contributed by atoms with E-state index in [0.717, 1.165) is 37.5 Å². The molecule has 0 amide bonds. The summed E-state index contributed by atoms with van der Waals surface area (Å²) < 4.78 is 13.8. The van der Waals surface area contributed by atoms with Gasteiger partial charge in [0.1, 0.15) is 5.82 Å². The van der Waals surface area contributed by atoms with Crippen LogP contribution in [0.2, 0.25) is 0 Å². The van der Waals surface area contributed by atoms with E-state index in [1.54, 1.807) is 23.9 Å². The standard InChI is InChI=1S/C19H21FN2S/c1-21-8-10-22(11-9-21)17-12-14-4-2-3-5-18(14)23-19-13-15(20)6-7-16(17)19/h2-7,13,17H,8-12H2,1H3/t17-/m1/s1. The highest BCUT2D eigenvalue weighted by molar-refractivity contribution is 7.99. The number of fused-ring (bicyclic) bond motifs is 2. The summed E-state index contributed by atoms with van der Waals surface area (Å²) in [7, 11) is 2.18. The van der Waals surface area contributed by atoms with Gasteiger partial charge in [0.05, 0.1) is 0 Å². The molecule has 0 radical (unpaired) electrons. The molecule has 2 aromatic rings. The maximum atomic E-state index is 13.8. The fraction of sp³-hybridized carbons (Fsp3) is 0.368. The van der Waals surface area contributed by atoms with E-state index in [2.05, 4.69) is 41.1 Å². The Kier molecular flexibility index (Phi) is 4.14. The van der Waals surface area contributed by atoms with Gasteiger partial charge in [0, 0.05) is 42.0 Å². The van der Waals surface area contributed by atoms with Crippen LogP contribution in [0.5, 0.6) is 0 Å². The van der Waals surface area contributed by atoms with Gasteiger partial charge >= 0.3 is 0 Å². The van der Waals surface area contributed by atoms with Gasteiger partial charge in [-0.1, -0.05) is 36.0 Å². The van der Waals surface area contributed by atoms with Crippen molar-refractivity contribution >= 4 is 11.8 Å². The number of piperazine rings is 1. The van der Waals surface area contributed by atoms with Crippen LogP contribution in [-0.2, 0) is 6.42 Å². The van der Waals surface area contributed by atoms with Crippen LogP contribution in [0.25, 0.3) is 0 Å². The third-order valence-electron chi connectivity index (χ3n) is 4.92. The molecule has 1 saturated heterocycles. The first-order valence-corrected chi connectivity index (χ1v) is 9.00. The van der Waals surface area contributed by atoms with E-state index in [1.165, 1.54) is 16.0 Å². The van der Waals surface area contributed by atoms with Crippen molar-refractivity contribution in [1.29, 1.82) is 0 Å². The first kappa shape index (κ1) is 15.2. The Hall–Kier alpha value is -1.36. The first-order chi connectivity index (χ1) is 11.2. The van der Waals surface area contributed by atoms with Gasteiger partial charge in [-0.3, -0.25) is 4.90 Å². The molecule has 0 aliphatic carbocycles. The minimum Gasteiger partial charge on any atom is -0.304 e. The SMILES string of the molecule is CN1CCN([C@@H]2Cc3ccccc3Sc3cc(F)ccc32)CC1. The van der Waals surface area contributed by atoms with E-state index < -0.39 is 0 Å². The van der Waals surface area contributed by atoms with Crippen LogP contribution in [0.1, 0.15) is 17.2 Å². The van der Waals surface area contributed by atoms with Crippen LogP contribution in [0.15, 0.2) is 52.3 Å². The third-order valence-corrected chi connectivity index (χ3v) is 6.11. The quantitative estimate of drug-likeness (QED) is 0.786. The lowest BCUT2D eigenvalue weighted by molar-refractivity contribution is 0.110. The minimum absolute atomic E-state index is 0.146. The summed E-state index contributed by atoms with van der Waals surface area (Å²) in [6, 6.07) is 14.2. The van der Waals surface area contributed by atoms with Crippen molar-refractivity contribution in [2.24, 2.45) is 0 Å². The minimum atomic E-state index is -0.146. The summed E-state index contributed by atoms with van der Waals surface area (Å²) >= 11 is 1.71. The number of likely N-dealkylation sites (N-methyl/N-ethyl adjacent to an activating group) is 1. The molecule has 1 atom stereocenters. The number of benzene rings is 2. The second-order valence-corrected chi connectivity index (χ2v) is 7.53. The van der Waals surface area contributed by atoms with Crippen molar-refractivity contribution < 1.29 is 4.39 Å². The van der Waals surface area contributed by atoms with Crippen molar-refractivity contribution in [1.82, 2.24) is 9.80 Å². The number of hydrogen-bond donors (Lipinski definition) is 0. The van der Waals surface area contributed by atoms with E-state index in [0.29, 0.717) is 6.04 Å². The Morgan fingerprint density at radius 2 is 1.78 bits per heavy atom. The maximum Gasteiger partial charge on any atom is 0.124 e. The van der Waals surface area contributed by atoms with Gasteiger partial charge in [-0.05, 0) is 42.8 Å². The van der Waals surface area contributed by atoms with Gasteiger partial charge in [-0.15, -0.1) is 0 Å². The number of halogens is 1.